The predicted molar refractivity (Wildman–Crippen MR) is 51.8 cm³/mol. The molecule has 0 bridgehead atoms. The third-order valence-electron chi connectivity index (χ3n) is 2.23. The highest BCUT2D eigenvalue weighted by Gasteiger charge is 2.31. The second kappa shape index (κ2) is 4.17. The van der Waals surface area contributed by atoms with Crippen LogP contribution in [0.3, 0.4) is 0 Å². The summed E-state index contributed by atoms with van der Waals surface area (Å²) in [5, 5.41) is 3.49. The molecule has 0 aliphatic carbocycles. The zero-order chi connectivity index (χ0) is 12.5. The first-order valence-corrected chi connectivity index (χ1v) is 4.67. The lowest BCUT2D eigenvalue weighted by Gasteiger charge is -2.11. The molecule has 0 aliphatic heterocycles. The summed E-state index contributed by atoms with van der Waals surface area (Å²) in [6.45, 7) is 0. The van der Waals surface area contributed by atoms with Crippen molar-refractivity contribution >= 4 is 0 Å². The number of alkyl halides is 3. The Morgan fingerprint density at radius 2 is 2.06 bits per heavy atom. The van der Waals surface area contributed by atoms with E-state index in [-0.39, 0.29) is 11.4 Å². The van der Waals surface area contributed by atoms with Crippen molar-refractivity contribution in [3.8, 4) is 0 Å². The van der Waals surface area contributed by atoms with E-state index in [0.29, 0.717) is 0 Å². The molecule has 1 atom stereocenters. The molecule has 7 heteroatoms. The van der Waals surface area contributed by atoms with Gasteiger partial charge in [-0.3, -0.25) is 0 Å². The fourth-order valence-corrected chi connectivity index (χ4v) is 1.37. The summed E-state index contributed by atoms with van der Waals surface area (Å²) in [6.07, 6.45) is -3.32. The largest absolute Gasteiger partial charge is 0.416 e. The average molecular weight is 243 g/mol. The van der Waals surface area contributed by atoms with Crippen LogP contribution in [0.2, 0.25) is 0 Å². The number of halogens is 3. The van der Waals surface area contributed by atoms with Crippen molar-refractivity contribution in [2.45, 2.75) is 12.2 Å². The first kappa shape index (κ1) is 11.6. The number of aromatic nitrogens is 2. The molecule has 4 nitrogen and oxygen atoms in total. The molecule has 1 unspecified atom stereocenters. The Labute approximate surface area is 94.2 Å². The minimum Gasteiger partial charge on any atom is -0.343 e. The van der Waals surface area contributed by atoms with Gasteiger partial charge in [0.05, 0.1) is 11.6 Å². The van der Waals surface area contributed by atoms with Crippen LogP contribution in [0, 0.1) is 0 Å². The van der Waals surface area contributed by atoms with E-state index in [2.05, 4.69) is 14.7 Å². The molecule has 0 fully saturated rings. The maximum absolute atomic E-state index is 12.5. The normalized spacial score (nSPS) is 13.6. The standard InChI is InChI=1S/C10H8F3N3O/c11-10(12,13)7-3-1-2-6(4-7)8(14)9-15-5-17-16-9/h1-5,8H,14H2. The number of hydrogen-bond acceptors (Lipinski definition) is 4. The molecule has 17 heavy (non-hydrogen) atoms. The summed E-state index contributed by atoms with van der Waals surface area (Å²) < 4.78 is 41.9. The molecular formula is C10H8F3N3O. The molecular weight excluding hydrogens is 235 g/mol. The zero-order valence-electron chi connectivity index (χ0n) is 8.48. The topological polar surface area (TPSA) is 64.9 Å². The van der Waals surface area contributed by atoms with Crippen LogP contribution in [0.4, 0.5) is 13.2 Å². The first-order chi connectivity index (χ1) is 7.98. The summed E-state index contributed by atoms with van der Waals surface area (Å²) in [5.41, 5.74) is 5.24. The van der Waals surface area contributed by atoms with Crippen LogP contribution in [0.15, 0.2) is 35.2 Å². The SMILES string of the molecule is NC(c1cccc(C(F)(F)F)c1)c1ncon1. The molecule has 1 heterocycles. The van der Waals surface area contributed by atoms with Crippen molar-refractivity contribution in [3.05, 3.63) is 47.6 Å². The fourth-order valence-electron chi connectivity index (χ4n) is 1.37. The number of nitrogens with two attached hydrogens (primary N) is 1. The van der Waals surface area contributed by atoms with Crippen molar-refractivity contribution in [2.75, 3.05) is 0 Å². The Morgan fingerprint density at radius 3 is 2.65 bits per heavy atom. The van der Waals surface area contributed by atoms with E-state index in [9.17, 15) is 13.2 Å². The molecule has 2 rings (SSSR count). The van der Waals surface area contributed by atoms with Crippen LogP contribution in [0.5, 0.6) is 0 Å². The molecule has 0 spiro atoms. The lowest BCUT2D eigenvalue weighted by atomic mass is 10.0. The third-order valence-corrected chi connectivity index (χ3v) is 2.23. The Balaban J connectivity index is 2.34. The maximum Gasteiger partial charge on any atom is 0.416 e. The van der Waals surface area contributed by atoms with Crippen LogP contribution in [0.25, 0.3) is 0 Å². The van der Waals surface area contributed by atoms with Crippen LogP contribution < -0.4 is 5.73 Å². The smallest absolute Gasteiger partial charge is 0.343 e. The van der Waals surface area contributed by atoms with E-state index in [0.717, 1.165) is 18.5 Å². The van der Waals surface area contributed by atoms with Crippen molar-refractivity contribution in [1.82, 2.24) is 10.1 Å². The second-order valence-corrected chi connectivity index (χ2v) is 3.39. The Hall–Kier alpha value is -1.89. The highest BCUT2D eigenvalue weighted by molar-refractivity contribution is 5.30. The fraction of sp³-hybridized carbons (Fsp3) is 0.200. The highest BCUT2D eigenvalue weighted by Crippen LogP contribution is 2.31. The summed E-state index contributed by atoms with van der Waals surface area (Å²) in [5.74, 6) is 0.143. The minimum atomic E-state index is -4.40. The summed E-state index contributed by atoms with van der Waals surface area (Å²) in [6, 6.07) is 3.89. The van der Waals surface area contributed by atoms with Gasteiger partial charge in [-0.15, -0.1) is 0 Å². The quantitative estimate of drug-likeness (QED) is 0.877. The van der Waals surface area contributed by atoms with Gasteiger partial charge in [0, 0.05) is 0 Å². The lowest BCUT2D eigenvalue weighted by Crippen LogP contribution is -2.15. The molecule has 1 aromatic carbocycles. The molecule has 0 aliphatic rings. The van der Waals surface area contributed by atoms with Gasteiger partial charge in [0.1, 0.15) is 0 Å². The zero-order valence-corrected chi connectivity index (χ0v) is 8.48. The van der Waals surface area contributed by atoms with Gasteiger partial charge in [0.25, 0.3) is 0 Å². The van der Waals surface area contributed by atoms with E-state index >= 15 is 0 Å². The lowest BCUT2D eigenvalue weighted by molar-refractivity contribution is -0.137. The molecule has 0 radical (unpaired) electrons. The molecule has 1 aromatic heterocycles. The van der Waals surface area contributed by atoms with Crippen LogP contribution in [0.1, 0.15) is 23.0 Å². The predicted octanol–water partition coefficient (Wildman–Crippen LogP) is 2.14. The monoisotopic (exact) mass is 243 g/mol. The van der Waals surface area contributed by atoms with Crippen molar-refractivity contribution in [3.63, 3.8) is 0 Å². The number of nitrogens with zero attached hydrogens (tertiary/aromatic N) is 2. The van der Waals surface area contributed by atoms with E-state index in [4.69, 9.17) is 5.73 Å². The Kier molecular flexibility index (Phi) is 2.84. The minimum absolute atomic E-state index is 0.143. The van der Waals surface area contributed by atoms with Gasteiger partial charge in [-0.1, -0.05) is 17.3 Å². The van der Waals surface area contributed by atoms with Crippen molar-refractivity contribution in [2.24, 2.45) is 5.73 Å². The molecule has 0 saturated heterocycles. The van der Waals surface area contributed by atoms with Gasteiger partial charge in [0.2, 0.25) is 6.39 Å². The maximum atomic E-state index is 12.5. The number of hydrogen-bond donors (Lipinski definition) is 1. The van der Waals surface area contributed by atoms with Crippen LogP contribution >= 0.6 is 0 Å². The summed E-state index contributed by atoms with van der Waals surface area (Å²) in [7, 11) is 0. The summed E-state index contributed by atoms with van der Waals surface area (Å²) in [4.78, 5) is 3.70. The van der Waals surface area contributed by atoms with Gasteiger partial charge in [-0.2, -0.15) is 18.2 Å². The van der Waals surface area contributed by atoms with Gasteiger partial charge in [-0.05, 0) is 17.7 Å². The molecule has 2 N–H and O–H groups in total. The van der Waals surface area contributed by atoms with E-state index in [1.54, 1.807) is 0 Å². The number of benzene rings is 1. The van der Waals surface area contributed by atoms with Gasteiger partial charge in [0.15, 0.2) is 5.82 Å². The molecule has 0 amide bonds. The highest BCUT2D eigenvalue weighted by atomic mass is 19.4. The van der Waals surface area contributed by atoms with E-state index in [1.165, 1.54) is 12.1 Å². The van der Waals surface area contributed by atoms with Gasteiger partial charge >= 0.3 is 6.18 Å². The molecule has 2 aromatic rings. The average Bonchev–Trinajstić information content (AvgIpc) is 2.80. The Bertz CT molecular complexity index is 496. The van der Waals surface area contributed by atoms with Gasteiger partial charge < -0.3 is 10.3 Å². The van der Waals surface area contributed by atoms with Crippen molar-refractivity contribution < 1.29 is 17.7 Å². The van der Waals surface area contributed by atoms with Crippen LogP contribution in [-0.2, 0) is 6.18 Å². The summed E-state index contributed by atoms with van der Waals surface area (Å²) >= 11 is 0. The first-order valence-electron chi connectivity index (χ1n) is 4.67. The van der Waals surface area contributed by atoms with E-state index in [1.807, 2.05) is 0 Å². The van der Waals surface area contributed by atoms with Crippen molar-refractivity contribution in [1.29, 1.82) is 0 Å². The molecule has 0 saturated carbocycles. The van der Waals surface area contributed by atoms with Crippen LogP contribution in [-0.4, -0.2) is 10.1 Å². The van der Waals surface area contributed by atoms with E-state index < -0.39 is 17.8 Å². The van der Waals surface area contributed by atoms with Gasteiger partial charge in [-0.25, -0.2) is 0 Å². The second-order valence-electron chi connectivity index (χ2n) is 3.39. The molecule has 90 valence electrons. The number of rotatable bonds is 2. The third kappa shape index (κ3) is 2.44. The Morgan fingerprint density at radius 1 is 1.29 bits per heavy atom.